The number of esters is 1. The van der Waals surface area contributed by atoms with Crippen molar-refractivity contribution in [2.45, 2.75) is 77.4 Å². The highest BCUT2D eigenvalue weighted by Crippen LogP contribution is 2.36. The Morgan fingerprint density at radius 1 is 1.03 bits per heavy atom. The van der Waals surface area contributed by atoms with Gasteiger partial charge in [-0.05, 0) is 84.2 Å². The van der Waals surface area contributed by atoms with Gasteiger partial charge in [-0.15, -0.1) is 0 Å². The third-order valence-corrected chi connectivity index (χ3v) is 6.46. The number of carbonyl (C=O) groups excluding carboxylic acids is 3. The molecule has 164 valence electrons. The summed E-state index contributed by atoms with van der Waals surface area (Å²) < 4.78 is 5.55. The Labute approximate surface area is 174 Å². The maximum Gasteiger partial charge on any atom is 0.306 e. The minimum Gasteiger partial charge on any atom is -0.460 e. The second-order valence-electron chi connectivity index (χ2n) is 10.0. The van der Waals surface area contributed by atoms with Crippen LogP contribution in [-0.2, 0) is 19.1 Å². The molecule has 0 aromatic rings. The first kappa shape index (κ1) is 22.1. The smallest absolute Gasteiger partial charge is 0.306 e. The Morgan fingerprint density at radius 2 is 1.76 bits per heavy atom. The number of hydrogen-bond acceptors (Lipinski definition) is 5. The van der Waals surface area contributed by atoms with E-state index < -0.39 is 5.60 Å². The van der Waals surface area contributed by atoms with Gasteiger partial charge < -0.3 is 15.4 Å². The van der Waals surface area contributed by atoms with Crippen molar-refractivity contribution >= 4 is 17.8 Å². The van der Waals surface area contributed by atoms with E-state index in [4.69, 9.17) is 10.5 Å². The summed E-state index contributed by atoms with van der Waals surface area (Å²) in [5.41, 5.74) is 5.07. The predicted octanol–water partition coefficient (Wildman–Crippen LogP) is 1.93. The van der Waals surface area contributed by atoms with Crippen LogP contribution < -0.4 is 5.73 Å². The quantitative estimate of drug-likeness (QED) is 0.651. The molecule has 2 amide bonds. The number of amides is 2. The average Bonchev–Trinajstić information content (AvgIpc) is 3.36. The maximum absolute atomic E-state index is 12.6. The van der Waals surface area contributed by atoms with E-state index in [1.807, 2.05) is 25.7 Å². The Kier molecular flexibility index (Phi) is 6.87. The number of ether oxygens (including phenoxy) is 1. The lowest BCUT2D eigenvalue weighted by Gasteiger charge is -2.39. The van der Waals surface area contributed by atoms with Gasteiger partial charge in [0.05, 0.1) is 6.04 Å². The summed E-state index contributed by atoms with van der Waals surface area (Å²) in [6.45, 7) is 8.77. The summed E-state index contributed by atoms with van der Waals surface area (Å²) in [5, 5.41) is 0. The summed E-state index contributed by atoms with van der Waals surface area (Å²) >= 11 is 0. The molecule has 0 aromatic heterocycles. The molecule has 3 atom stereocenters. The molecule has 0 aromatic carbocycles. The molecular formula is C22H37N3O4. The number of nitrogens with zero attached hydrogens (tertiary/aromatic N) is 2. The van der Waals surface area contributed by atoms with Gasteiger partial charge in [0.2, 0.25) is 11.8 Å². The van der Waals surface area contributed by atoms with Crippen LogP contribution in [-0.4, -0.2) is 65.4 Å². The highest BCUT2D eigenvalue weighted by Gasteiger charge is 2.39. The van der Waals surface area contributed by atoms with Crippen molar-refractivity contribution in [3.8, 4) is 0 Å². The molecule has 3 fully saturated rings. The zero-order valence-electron chi connectivity index (χ0n) is 18.2. The Bertz CT molecular complexity index is 626. The number of primary amides is 1. The molecule has 1 aliphatic carbocycles. The van der Waals surface area contributed by atoms with Crippen molar-refractivity contribution in [1.29, 1.82) is 0 Å². The van der Waals surface area contributed by atoms with Gasteiger partial charge in [0.1, 0.15) is 5.60 Å². The number of piperidine rings is 1. The fourth-order valence-electron chi connectivity index (χ4n) is 4.81. The van der Waals surface area contributed by atoms with Crippen LogP contribution in [0.3, 0.4) is 0 Å². The van der Waals surface area contributed by atoms with Gasteiger partial charge >= 0.3 is 5.97 Å². The first-order valence-corrected chi connectivity index (χ1v) is 11.2. The molecule has 7 nitrogen and oxygen atoms in total. The summed E-state index contributed by atoms with van der Waals surface area (Å²) in [6, 6.07) is -0.174. The molecule has 7 heteroatoms. The molecule has 3 aliphatic rings. The average molecular weight is 408 g/mol. The summed E-state index contributed by atoms with van der Waals surface area (Å²) in [4.78, 5) is 40.9. The molecule has 2 saturated heterocycles. The standard InChI is InChI=1S/C22H37N3O4/c1-22(2,3)29-19(26)13-16-8-12-25(21(28)15-6-7-15)14-17(16)9-11-24-10-4-5-18(24)20(23)27/h15-18H,4-14H2,1-3H3,(H2,23,27)/t16-,17-,18-/m0/s1. The fraction of sp³-hybridized carbons (Fsp3) is 0.864. The van der Waals surface area contributed by atoms with E-state index in [0.717, 1.165) is 58.2 Å². The molecule has 3 rings (SSSR count). The number of nitrogens with two attached hydrogens (primary N) is 1. The topological polar surface area (TPSA) is 92.9 Å². The van der Waals surface area contributed by atoms with Crippen molar-refractivity contribution in [3.63, 3.8) is 0 Å². The molecule has 2 N–H and O–H groups in total. The zero-order valence-corrected chi connectivity index (χ0v) is 18.2. The molecular weight excluding hydrogens is 370 g/mol. The van der Waals surface area contributed by atoms with Gasteiger partial charge in [-0.25, -0.2) is 0 Å². The van der Waals surface area contributed by atoms with E-state index >= 15 is 0 Å². The van der Waals surface area contributed by atoms with Gasteiger partial charge in [0.15, 0.2) is 0 Å². The maximum atomic E-state index is 12.6. The lowest BCUT2D eigenvalue weighted by molar-refractivity contribution is -0.157. The predicted molar refractivity (Wildman–Crippen MR) is 110 cm³/mol. The number of carbonyl (C=O) groups is 3. The molecule has 0 radical (unpaired) electrons. The van der Waals surface area contributed by atoms with Crippen molar-refractivity contribution < 1.29 is 19.1 Å². The molecule has 2 aliphatic heterocycles. The third-order valence-electron chi connectivity index (χ3n) is 6.46. The summed E-state index contributed by atoms with van der Waals surface area (Å²) in [7, 11) is 0. The first-order valence-electron chi connectivity index (χ1n) is 11.2. The normalized spacial score (nSPS) is 28.4. The van der Waals surface area contributed by atoms with Crippen molar-refractivity contribution in [2.75, 3.05) is 26.2 Å². The summed E-state index contributed by atoms with van der Waals surface area (Å²) in [5.74, 6) is 0.543. The minimum absolute atomic E-state index is 0.161. The first-order chi connectivity index (χ1) is 13.6. The van der Waals surface area contributed by atoms with Crippen molar-refractivity contribution in [3.05, 3.63) is 0 Å². The number of hydrogen-bond donors (Lipinski definition) is 1. The van der Waals surface area contributed by atoms with Crippen molar-refractivity contribution in [1.82, 2.24) is 9.80 Å². The van der Waals surface area contributed by atoms with Gasteiger partial charge in [-0.3, -0.25) is 19.3 Å². The molecule has 0 spiro atoms. The van der Waals surface area contributed by atoms with Gasteiger partial charge in [-0.1, -0.05) is 0 Å². The lowest BCUT2D eigenvalue weighted by atomic mass is 9.80. The Balaban J connectivity index is 1.61. The lowest BCUT2D eigenvalue weighted by Crippen LogP contribution is -2.47. The minimum atomic E-state index is -0.487. The van der Waals surface area contributed by atoms with Crippen LogP contribution in [0.25, 0.3) is 0 Å². The van der Waals surface area contributed by atoms with E-state index in [2.05, 4.69) is 4.90 Å². The summed E-state index contributed by atoms with van der Waals surface area (Å²) in [6.07, 6.45) is 5.93. The zero-order chi connectivity index (χ0) is 21.2. The molecule has 2 heterocycles. The Hall–Kier alpha value is -1.63. The Morgan fingerprint density at radius 3 is 2.38 bits per heavy atom. The highest BCUT2D eigenvalue weighted by molar-refractivity contribution is 5.81. The van der Waals surface area contributed by atoms with E-state index in [0.29, 0.717) is 13.0 Å². The number of likely N-dealkylation sites (tertiary alicyclic amines) is 2. The van der Waals surface area contributed by atoms with E-state index in [1.54, 1.807) is 0 Å². The largest absolute Gasteiger partial charge is 0.460 e. The van der Waals surface area contributed by atoms with Crippen LogP contribution in [0.4, 0.5) is 0 Å². The van der Waals surface area contributed by atoms with Crippen LogP contribution in [0, 0.1) is 17.8 Å². The SMILES string of the molecule is CC(C)(C)OC(=O)C[C@@H]1CCN(C(=O)C2CC2)C[C@@H]1CCN1CCC[C@H]1C(N)=O. The van der Waals surface area contributed by atoms with Crippen LogP contribution in [0.2, 0.25) is 0 Å². The van der Waals surface area contributed by atoms with E-state index in [-0.39, 0.29) is 41.6 Å². The van der Waals surface area contributed by atoms with E-state index in [1.165, 1.54) is 0 Å². The monoisotopic (exact) mass is 407 g/mol. The molecule has 1 saturated carbocycles. The molecule has 0 bridgehead atoms. The fourth-order valence-corrected chi connectivity index (χ4v) is 4.81. The number of rotatable bonds is 7. The van der Waals surface area contributed by atoms with Crippen LogP contribution in [0.5, 0.6) is 0 Å². The molecule has 29 heavy (non-hydrogen) atoms. The van der Waals surface area contributed by atoms with Gasteiger partial charge in [0, 0.05) is 25.4 Å². The second kappa shape index (κ2) is 9.02. The van der Waals surface area contributed by atoms with E-state index in [9.17, 15) is 14.4 Å². The van der Waals surface area contributed by atoms with Crippen molar-refractivity contribution in [2.24, 2.45) is 23.5 Å². The molecule has 0 unspecified atom stereocenters. The second-order valence-corrected chi connectivity index (χ2v) is 10.0. The van der Waals surface area contributed by atoms with Gasteiger partial charge in [-0.2, -0.15) is 0 Å². The van der Waals surface area contributed by atoms with Crippen LogP contribution >= 0.6 is 0 Å². The van der Waals surface area contributed by atoms with Crippen LogP contribution in [0.1, 0.15) is 65.7 Å². The third kappa shape index (κ3) is 6.17. The highest BCUT2D eigenvalue weighted by atomic mass is 16.6. The van der Waals surface area contributed by atoms with Crippen LogP contribution in [0.15, 0.2) is 0 Å². The van der Waals surface area contributed by atoms with Gasteiger partial charge in [0.25, 0.3) is 0 Å².